The highest BCUT2D eigenvalue weighted by molar-refractivity contribution is 5.56. The summed E-state index contributed by atoms with van der Waals surface area (Å²) in [6.45, 7) is 2.24. The van der Waals surface area contributed by atoms with Crippen LogP contribution in [0.15, 0.2) is 12.1 Å². The van der Waals surface area contributed by atoms with Gasteiger partial charge in [0, 0.05) is 11.6 Å². The standard InChI is InChI=1S/C16H27NO2/c1-2-3-4-5-6-7-8-9-10-11-12-14-13-15(18)17-16(14)19/h11-13,17-19H,2-10H2,1H3. The molecule has 19 heavy (non-hydrogen) atoms. The highest BCUT2D eigenvalue weighted by Crippen LogP contribution is 2.22. The van der Waals surface area contributed by atoms with E-state index < -0.39 is 0 Å². The molecule has 3 heteroatoms. The smallest absolute Gasteiger partial charge is 0.198 e. The number of allylic oxidation sites excluding steroid dienone is 1. The lowest BCUT2D eigenvalue weighted by Crippen LogP contribution is -1.79. The molecule has 3 nitrogen and oxygen atoms in total. The summed E-state index contributed by atoms with van der Waals surface area (Å²) >= 11 is 0. The fraction of sp³-hybridized carbons (Fsp3) is 0.625. The first kappa shape index (κ1) is 15.7. The summed E-state index contributed by atoms with van der Waals surface area (Å²) < 4.78 is 0. The molecule has 0 saturated heterocycles. The van der Waals surface area contributed by atoms with Gasteiger partial charge in [0.05, 0.1) is 0 Å². The lowest BCUT2D eigenvalue weighted by molar-refractivity contribution is 0.425. The SMILES string of the molecule is CCCCCCCCCCC=Cc1cc(O)[nH]c1O. The van der Waals surface area contributed by atoms with Crippen molar-refractivity contribution in [2.24, 2.45) is 0 Å². The quantitative estimate of drug-likeness (QED) is 0.523. The second-order valence-electron chi connectivity index (χ2n) is 5.12. The molecule has 0 saturated carbocycles. The molecule has 1 rings (SSSR count). The van der Waals surface area contributed by atoms with Gasteiger partial charge < -0.3 is 10.2 Å². The zero-order valence-corrected chi connectivity index (χ0v) is 12.0. The van der Waals surface area contributed by atoms with Crippen molar-refractivity contribution in [3.05, 3.63) is 17.7 Å². The molecule has 0 bridgehead atoms. The lowest BCUT2D eigenvalue weighted by atomic mass is 10.1. The number of H-pyrrole nitrogens is 1. The molecule has 1 aromatic rings. The van der Waals surface area contributed by atoms with Crippen molar-refractivity contribution in [2.75, 3.05) is 0 Å². The Morgan fingerprint density at radius 1 is 1.00 bits per heavy atom. The summed E-state index contributed by atoms with van der Waals surface area (Å²) in [5, 5.41) is 18.6. The molecule has 0 amide bonds. The first-order valence-corrected chi connectivity index (χ1v) is 7.51. The van der Waals surface area contributed by atoms with E-state index in [2.05, 4.69) is 18.0 Å². The van der Waals surface area contributed by atoms with E-state index in [1.54, 1.807) is 0 Å². The van der Waals surface area contributed by atoms with Gasteiger partial charge in [-0.2, -0.15) is 0 Å². The van der Waals surface area contributed by atoms with Gasteiger partial charge in [-0.3, -0.25) is 4.98 Å². The Bertz CT molecular complexity index is 369. The van der Waals surface area contributed by atoms with Gasteiger partial charge in [0.25, 0.3) is 0 Å². The summed E-state index contributed by atoms with van der Waals surface area (Å²) in [6, 6.07) is 1.53. The number of aromatic hydroxyl groups is 2. The van der Waals surface area contributed by atoms with Gasteiger partial charge in [0.2, 0.25) is 0 Å². The van der Waals surface area contributed by atoms with Gasteiger partial charge in [-0.1, -0.05) is 64.0 Å². The first-order valence-electron chi connectivity index (χ1n) is 7.51. The van der Waals surface area contributed by atoms with Gasteiger partial charge in [-0.15, -0.1) is 0 Å². The number of hydrogen-bond donors (Lipinski definition) is 3. The van der Waals surface area contributed by atoms with E-state index in [0.29, 0.717) is 5.56 Å². The predicted molar refractivity (Wildman–Crippen MR) is 80.4 cm³/mol. The van der Waals surface area contributed by atoms with Crippen LogP contribution in [0.4, 0.5) is 0 Å². The van der Waals surface area contributed by atoms with Gasteiger partial charge in [-0.25, -0.2) is 0 Å². The zero-order valence-electron chi connectivity index (χ0n) is 12.0. The molecule has 0 aromatic carbocycles. The van der Waals surface area contributed by atoms with E-state index >= 15 is 0 Å². The van der Waals surface area contributed by atoms with Crippen LogP contribution < -0.4 is 0 Å². The van der Waals surface area contributed by atoms with E-state index in [1.807, 2.05) is 6.08 Å². The summed E-state index contributed by atoms with van der Waals surface area (Å²) in [4.78, 5) is 2.45. The molecule has 0 radical (unpaired) electrons. The zero-order chi connectivity index (χ0) is 13.9. The van der Waals surface area contributed by atoms with Crippen molar-refractivity contribution < 1.29 is 10.2 Å². The summed E-state index contributed by atoms with van der Waals surface area (Å²) in [5.74, 6) is 0.0360. The van der Waals surface area contributed by atoms with Crippen molar-refractivity contribution in [1.82, 2.24) is 4.98 Å². The molecule has 108 valence electrons. The monoisotopic (exact) mass is 265 g/mol. The molecule has 0 aliphatic rings. The van der Waals surface area contributed by atoms with Gasteiger partial charge in [0.15, 0.2) is 11.8 Å². The number of nitrogens with one attached hydrogen (secondary N) is 1. The maximum Gasteiger partial charge on any atom is 0.198 e. The minimum absolute atomic E-state index is 0.00392. The van der Waals surface area contributed by atoms with E-state index in [1.165, 1.54) is 57.4 Å². The fourth-order valence-electron chi connectivity index (χ4n) is 2.18. The lowest BCUT2D eigenvalue weighted by Gasteiger charge is -1.99. The minimum Gasteiger partial charge on any atom is -0.494 e. The van der Waals surface area contributed by atoms with Gasteiger partial charge in [0.1, 0.15) is 0 Å². The van der Waals surface area contributed by atoms with Crippen LogP contribution in [0.5, 0.6) is 11.8 Å². The Kier molecular flexibility index (Phi) is 7.87. The van der Waals surface area contributed by atoms with Crippen molar-refractivity contribution in [3.8, 4) is 11.8 Å². The Labute approximate surface area is 116 Å². The average Bonchev–Trinajstić information content (AvgIpc) is 2.70. The third-order valence-corrected chi connectivity index (χ3v) is 3.33. The Morgan fingerprint density at radius 3 is 2.21 bits per heavy atom. The van der Waals surface area contributed by atoms with E-state index in [4.69, 9.17) is 5.11 Å². The molecule has 0 unspecified atom stereocenters. The molecular weight excluding hydrogens is 238 g/mol. The Balaban J connectivity index is 2.00. The normalized spacial score (nSPS) is 11.4. The maximum atomic E-state index is 9.41. The Hall–Kier alpha value is -1.38. The van der Waals surface area contributed by atoms with Crippen LogP contribution in [0, 0.1) is 0 Å². The molecule has 3 N–H and O–H groups in total. The molecule has 0 fully saturated rings. The summed E-state index contributed by atoms with van der Waals surface area (Å²) in [7, 11) is 0. The highest BCUT2D eigenvalue weighted by atomic mass is 16.3. The average molecular weight is 265 g/mol. The second kappa shape index (κ2) is 9.54. The molecule has 0 aliphatic carbocycles. The van der Waals surface area contributed by atoms with Crippen molar-refractivity contribution in [2.45, 2.75) is 64.7 Å². The number of hydrogen-bond acceptors (Lipinski definition) is 2. The van der Waals surface area contributed by atoms with Gasteiger partial charge >= 0.3 is 0 Å². The van der Waals surface area contributed by atoms with Crippen LogP contribution in [0.2, 0.25) is 0 Å². The largest absolute Gasteiger partial charge is 0.494 e. The number of unbranched alkanes of at least 4 members (excludes halogenated alkanes) is 8. The minimum atomic E-state index is 0.00392. The van der Waals surface area contributed by atoms with Crippen LogP contribution in [-0.2, 0) is 0 Å². The van der Waals surface area contributed by atoms with Crippen LogP contribution >= 0.6 is 0 Å². The number of rotatable bonds is 10. The molecule has 0 atom stereocenters. The molecular formula is C16H27NO2. The Morgan fingerprint density at radius 2 is 1.63 bits per heavy atom. The van der Waals surface area contributed by atoms with Crippen LogP contribution in [0.1, 0.15) is 70.3 Å². The number of aromatic amines is 1. The summed E-state index contributed by atoms with van der Waals surface area (Å²) in [6.07, 6.45) is 15.5. The van der Waals surface area contributed by atoms with Crippen LogP contribution in [0.25, 0.3) is 6.08 Å². The first-order chi connectivity index (χ1) is 9.24. The van der Waals surface area contributed by atoms with E-state index in [0.717, 1.165) is 6.42 Å². The van der Waals surface area contributed by atoms with Crippen molar-refractivity contribution >= 4 is 6.08 Å². The number of aromatic nitrogens is 1. The van der Waals surface area contributed by atoms with Gasteiger partial charge in [-0.05, 0) is 12.8 Å². The fourth-order valence-corrected chi connectivity index (χ4v) is 2.18. The predicted octanol–water partition coefficient (Wildman–Crippen LogP) is 4.97. The van der Waals surface area contributed by atoms with Crippen molar-refractivity contribution in [1.29, 1.82) is 0 Å². The maximum absolute atomic E-state index is 9.41. The van der Waals surface area contributed by atoms with E-state index in [-0.39, 0.29) is 11.8 Å². The van der Waals surface area contributed by atoms with Crippen LogP contribution in [0.3, 0.4) is 0 Å². The molecule has 0 aliphatic heterocycles. The molecule has 1 heterocycles. The van der Waals surface area contributed by atoms with Crippen molar-refractivity contribution in [3.63, 3.8) is 0 Å². The van der Waals surface area contributed by atoms with Crippen LogP contribution in [-0.4, -0.2) is 15.2 Å². The second-order valence-corrected chi connectivity index (χ2v) is 5.12. The molecule has 0 spiro atoms. The third-order valence-electron chi connectivity index (χ3n) is 3.33. The molecule has 1 aromatic heterocycles. The third kappa shape index (κ3) is 6.94. The topological polar surface area (TPSA) is 56.2 Å². The highest BCUT2D eigenvalue weighted by Gasteiger charge is 2.01. The summed E-state index contributed by atoms with van der Waals surface area (Å²) in [5.41, 5.74) is 0.650. The van der Waals surface area contributed by atoms with E-state index in [9.17, 15) is 5.11 Å².